The van der Waals surface area contributed by atoms with Gasteiger partial charge >= 0.3 is 0 Å². The quantitative estimate of drug-likeness (QED) is 0.724. The molecule has 1 fully saturated rings. The number of para-hydroxylation sites is 1. The van der Waals surface area contributed by atoms with E-state index in [1.807, 2.05) is 27.1 Å². The van der Waals surface area contributed by atoms with Crippen molar-refractivity contribution in [2.75, 3.05) is 39.1 Å². The van der Waals surface area contributed by atoms with E-state index in [9.17, 15) is 14.7 Å². The first-order valence-electron chi connectivity index (χ1n) is 11.5. The van der Waals surface area contributed by atoms with Gasteiger partial charge < -0.3 is 25.0 Å². The number of hydrogen-bond donors (Lipinski definition) is 2. The van der Waals surface area contributed by atoms with Crippen LogP contribution in [-0.4, -0.2) is 72.7 Å². The van der Waals surface area contributed by atoms with Crippen molar-refractivity contribution in [3.63, 3.8) is 0 Å². The van der Waals surface area contributed by atoms with E-state index in [0.717, 1.165) is 25.7 Å². The van der Waals surface area contributed by atoms with Gasteiger partial charge in [0.15, 0.2) is 5.75 Å². The molecule has 1 aromatic carbocycles. The lowest BCUT2D eigenvalue weighted by molar-refractivity contribution is -0.120. The zero-order valence-electron chi connectivity index (χ0n) is 19.3. The number of nitrogens with one attached hydrogen (secondary N) is 1. The van der Waals surface area contributed by atoms with Gasteiger partial charge in [0.1, 0.15) is 6.10 Å². The lowest BCUT2D eigenvalue weighted by Crippen LogP contribution is -2.49. The summed E-state index contributed by atoms with van der Waals surface area (Å²) < 4.78 is 6.45. The molecule has 0 aromatic heterocycles. The Bertz CT molecular complexity index is 776. The Morgan fingerprint density at radius 3 is 2.65 bits per heavy atom. The van der Waals surface area contributed by atoms with Crippen LogP contribution in [0.15, 0.2) is 18.2 Å². The van der Waals surface area contributed by atoms with Crippen molar-refractivity contribution in [3.05, 3.63) is 23.8 Å². The predicted octanol–water partition coefficient (Wildman–Crippen LogP) is 2.99. The number of aliphatic hydroxyl groups is 1. The van der Waals surface area contributed by atoms with E-state index < -0.39 is 0 Å². The average Bonchev–Trinajstić information content (AvgIpc) is 2.76. The van der Waals surface area contributed by atoms with Crippen LogP contribution in [-0.2, 0) is 4.79 Å². The maximum atomic E-state index is 13.4. The summed E-state index contributed by atoms with van der Waals surface area (Å²) in [5, 5.41) is 12.8. The van der Waals surface area contributed by atoms with Crippen LogP contribution in [0.4, 0.5) is 5.69 Å². The maximum Gasteiger partial charge on any atom is 0.258 e. The van der Waals surface area contributed by atoms with Gasteiger partial charge in [-0.05, 0) is 46.0 Å². The molecule has 0 unspecified atom stereocenters. The average molecular weight is 432 g/mol. The first kappa shape index (κ1) is 23.5. The molecule has 3 atom stereocenters. The third kappa shape index (κ3) is 5.57. The first-order chi connectivity index (χ1) is 14.8. The molecule has 1 aliphatic carbocycles. The molecule has 2 N–H and O–H groups in total. The van der Waals surface area contributed by atoms with Gasteiger partial charge in [-0.3, -0.25) is 9.59 Å². The zero-order chi connectivity index (χ0) is 22.5. The Balaban J connectivity index is 1.97. The molecule has 0 bridgehead atoms. The predicted molar refractivity (Wildman–Crippen MR) is 121 cm³/mol. The Morgan fingerprint density at radius 1 is 1.29 bits per heavy atom. The van der Waals surface area contributed by atoms with Gasteiger partial charge in [-0.15, -0.1) is 0 Å². The number of fused-ring (bicyclic) bond motifs is 1. The van der Waals surface area contributed by atoms with Crippen molar-refractivity contribution in [1.82, 2.24) is 9.80 Å². The first-order valence-corrected chi connectivity index (χ1v) is 11.5. The molecule has 0 spiro atoms. The molecular formula is C24H37N3O4. The van der Waals surface area contributed by atoms with Gasteiger partial charge in [0, 0.05) is 24.9 Å². The number of amides is 2. The topological polar surface area (TPSA) is 82.1 Å². The summed E-state index contributed by atoms with van der Waals surface area (Å²) in [6, 6.07) is 5.03. The lowest BCUT2D eigenvalue weighted by Gasteiger charge is -2.38. The summed E-state index contributed by atoms with van der Waals surface area (Å²) in [5.41, 5.74) is 0.980. The van der Waals surface area contributed by atoms with Crippen molar-refractivity contribution >= 4 is 17.5 Å². The maximum absolute atomic E-state index is 13.4. The largest absolute Gasteiger partial charge is 0.486 e. The minimum Gasteiger partial charge on any atom is -0.486 e. The molecule has 0 radical (unpaired) electrons. The van der Waals surface area contributed by atoms with Crippen molar-refractivity contribution in [2.24, 2.45) is 11.8 Å². The number of anilines is 1. The van der Waals surface area contributed by atoms with E-state index in [1.54, 1.807) is 17.0 Å². The molecular weight excluding hydrogens is 394 g/mol. The van der Waals surface area contributed by atoms with Crippen LogP contribution in [0.25, 0.3) is 0 Å². The summed E-state index contributed by atoms with van der Waals surface area (Å²) >= 11 is 0. The molecule has 0 saturated heterocycles. The number of carbonyl (C=O) groups excluding carboxylic acids is 2. The molecule has 31 heavy (non-hydrogen) atoms. The monoisotopic (exact) mass is 431 g/mol. The number of carbonyl (C=O) groups is 2. The number of likely N-dealkylation sites (N-methyl/N-ethyl adjacent to an activating group) is 1. The van der Waals surface area contributed by atoms with Gasteiger partial charge in [0.2, 0.25) is 5.91 Å². The number of ether oxygens (including phenoxy) is 1. The molecule has 2 aliphatic rings. The van der Waals surface area contributed by atoms with Gasteiger partial charge in [-0.1, -0.05) is 32.3 Å². The molecule has 1 heterocycles. The van der Waals surface area contributed by atoms with Crippen molar-refractivity contribution in [2.45, 2.75) is 58.1 Å². The van der Waals surface area contributed by atoms with E-state index >= 15 is 0 Å². The summed E-state index contributed by atoms with van der Waals surface area (Å²) in [7, 11) is 3.98. The number of hydrogen-bond acceptors (Lipinski definition) is 5. The van der Waals surface area contributed by atoms with Gasteiger partial charge in [0.05, 0.1) is 23.9 Å². The standard InChI is InChI=1S/C24H37N3O4/c1-16-13-27(17(2)15-28)24(30)19-11-8-12-20(22(19)31-21(16)14-26(3)4)25-23(29)18-9-6-5-7-10-18/h8,11-12,16-18,21,28H,5-7,9-10,13-15H2,1-4H3,(H,25,29)/t16-,17+,21-/m1/s1. The minimum absolute atomic E-state index is 0.00370. The van der Waals surface area contributed by atoms with Gasteiger partial charge in [-0.2, -0.15) is 0 Å². The fourth-order valence-corrected chi connectivity index (χ4v) is 4.52. The number of rotatable bonds is 6. The van der Waals surface area contributed by atoms with E-state index in [-0.39, 0.29) is 42.4 Å². The highest BCUT2D eigenvalue weighted by Crippen LogP contribution is 2.36. The smallest absolute Gasteiger partial charge is 0.258 e. The Labute approximate surface area is 185 Å². The van der Waals surface area contributed by atoms with Crippen molar-refractivity contribution in [1.29, 1.82) is 0 Å². The lowest BCUT2D eigenvalue weighted by atomic mass is 9.88. The van der Waals surface area contributed by atoms with E-state index in [2.05, 4.69) is 17.1 Å². The van der Waals surface area contributed by atoms with Crippen LogP contribution in [0.2, 0.25) is 0 Å². The van der Waals surface area contributed by atoms with Crippen LogP contribution >= 0.6 is 0 Å². The normalized spacial score (nSPS) is 23.5. The third-order valence-electron chi connectivity index (χ3n) is 6.47. The second-order valence-corrected chi connectivity index (χ2v) is 9.39. The van der Waals surface area contributed by atoms with E-state index in [0.29, 0.717) is 30.1 Å². The Morgan fingerprint density at radius 2 is 2.00 bits per heavy atom. The van der Waals surface area contributed by atoms with E-state index in [1.165, 1.54) is 6.42 Å². The van der Waals surface area contributed by atoms with Gasteiger partial charge in [-0.25, -0.2) is 0 Å². The molecule has 172 valence electrons. The highest BCUT2D eigenvalue weighted by molar-refractivity contribution is 6.02. The second-order valence-electron chi connectivity index (χ2n) is 9.39. The van der Waals surface area contributed by atoms with Crippen LogP contribution in [0.3, 0.4) is 0 Å². The van der Waals surface area contributed by atoms with Gasteiger partial charge in [0.25, 0.3) is 5.91 Å². The van der Waals surface area contributed by atoms with Crippen LogP contribution in [0, 0.1) is 11.8 Å². The summed E-state index contributed by atoms with van der Waals surface area (Å²) in [5.74, 6) is 0.321. The summed E-state index contributed by atoms with van der Waals surface area (Å²) in [4.78, 5) is 30.1. The fourth-order valence-electron chi connectivity index (χ4n) is 4.52. The Kier molecular flexibility index (Phi) is 7.94. The molecule has 3 rings (SSSR count). The second kappa shape index (κ2) is 10.5. The molecule has 7 nitrogen and oxygen atoms in total. The summed E-state index contributed by atoms with van der Waals surface area (Å²) in [6.45, 7) is 4.98. The third-order valence-corrected chi connectivity index (χ3v) is 6.47. The molecule has 1 aromatic rings. The molecule has 7 heteroatoms. The van der Waals surface area contributed by atoms with Crippen LogP contribution in [0.1, 0.15) is 56.3 Å². The minimum atomic E-state index is -0.304. The SMILES string of the molecule is C[C@@H]1CN([C@@H](C)CO)C(=O)c2cccc(NC(=O)C3CCCCC3)c2O[C@@H]1CN(C)C. The highest BCUT2D eigenvalue weighted by Gasteiger charge is 2.34. The molecule has 1 saturated carbocycles. The van der Waals surface area contributed by atoms with Crippen LogP contribution in [0.5, 0.6) is 5.75 Å². The number of nitrogens with zero attached hydrogens (tertiary/aromatic N) is 2. The van der Waals surface area contributed by atoms with E-state index in [4.69, 9.17) is 4.74 Å². The molecule has 2 amide bonds. The number of benzene rings is 1. The highest BCUT2D eigenvalue weighted by atomic mass is 16.5. The molecule has 1 aliphatic heterocycles. The Hall–Kier alpha value is -2.12. The van der Waals surface area contributed by atoms with Crippen LogP contribution < -0.4 is 10.1 Å². The fraction of sp³-hybridized carbons (Fsp3) is 0.667. The van der Waals surface area contributed by atoms with Crippen molar-refractivity contribution in [3.8, 4) is 5.75 Å². The number of aliphatic hydroxyl groups excluding tert-OH is 1. The van der Waals surface area contributed by atoms with Crippen molar-refractivity contribution < 1.29 is 19.4 Å². The zero-order valence-corrected chi connectivity index (χ0v) is 19.3. The summed E-state index contributed by atoms with van der Waals surface area (Å²) in [6.07, 6.45) is 4.99.